The third-order valence-corrected chi connectivity index (χ3v) is 2.42. The van der Waals surface area contributed by atoms with Gasteiger partial charge in [0.25, 0.3) is 0 Å². The number of allylic oxidation sites excluding steroid dienone is 1. The van der Waals surface area contributed by atoms with E-state index < -0.39 is 0 Å². The topological polar surface area (TPSA) is 0 Å². The number of hydrogen-bond acceptors (Lipinski definition) is 0. The molecule has 2 rings (SSSR count). The molecule has 0 spiro atoms. The van der Waals surface area contributed by atoms with Crippen LogP contribution in [0.5, 0.6) is 0 Å². The van der Waals surface area contributed by atoms with Crippen LogP contribution in [-0.2, 0) is 0 Å². The molecule has 0 nitrogen and oxygen atoms in total. The second-order valence-electron chi connectivity index (χ2n) is 3.22. The van der Waals surface area contributed by atoms with E-state index in [1.165, 1.54) is 31.3 Å². The van der Waals surface area contributed by atoms with E-state index in [4.69, 9.17) is 0 Å². The molecule has 0 aromatic heterocycles. The highest BCUT2D eigenvalue weighted by molar-refractivity contribution is 5.22. The smallest absolute Gasteiger partial charge is 0.00838 e. The fourth-order valence-electron chi connectivity index (χ4n) is 2.00. The van der Waals surface area contributed by atoms with Gasteiger partial charge in [-0.15, -0.1) is 5.73 Å². The number of rotatable bonds is 0. The minimum atomic E-state index is 0.921. The Labute approximate surface area is 56.3 Å². The van der Waals surface area contributed by atoms with Crippen molar-refractivity contribution in [3.63, 3.8) is 0 Å². The third-order valence-electron chi connectivity index (χ3n) is 2.42. The molecule has 0 heteroatoms. The van der Waals surface area contributed by atoms with Gasteiger partial charge in [-0.25, -0.2) is 0 Å². The maximum absolute atomic E-state index is 3.45. The molecule has 0 saturated heterocycles. The van der Waals surface area contributed by atoms with Crippen molar-refractivity contribution in [2.24, 2.45) is 5.92 Å². The van der Waals surface area contributed by atoms with Crippen LogP contribution < -0.4 is 0 Å². The van der Waals surface area contributed by atoms with Crippen LogP contribution in [0, 0.1) is 5.92 Å². The molecule has 0 amide bonds. The summed E-state index contributed by atoms with van der Waals surface area (Å²) in [4.78, 5) is 0. The molecule has 2 aliphatic rings. The van der Waals surface area contributed by atoms with E-state index >= 15 is 0 Å². The maximum Gasteiger partial charge on any atom is -0.00838 e. The van der Waals surface area contributed by atoms with Gasteiger partial charge in [0, 0.05) is 0 Å². The van der Waals surface area contributed by atoms with Gasteiger partial charge >= 0.3 is 0 Å². The first kappa shape index (κ1) is 5.32. The zero-order valence-corrected chi connectivity index (χ0v) is 5.91. The fourth-order valence-corrected chi connectivity index (χ4v) is 2.00. The maximum atomic E-state index is 3.45. The molecular weight excluding hydrogens is 108 g/mol. The Morgan fingerprint density at radius 2 is 2.44 bits per heavy atom. The molecule has 0 radical (unpaired) electrons. The Balaban J connectivity index is 2.32. The van der Waals surface area contributed by atoms with E-state index in [1.54, 1.807) is 5.57 Å². The highest BCUT2D eigenvalue weighted by Gasteiger charge is 2.24. The van der Waals surface area contributed by atoms with Crippen molar-refractivity contribution in [3.8, 4) is 0 Å². The van der Waals surface area contributed by atoms with Crippen LogP contribution in [0.25, 0.3) is 0 Å². The minimum absolute atomic E-state index is 0.921. The second-order valence-corrected chi connectivity index (χ2v) is 3.22. The van der Waals surface area contributed by atoms with Gasteiger partial charge in [-0.3, -0.25) is 0 Å². The summed E-state index contributed by atoms with van der Waals surface area (Å²) in [5, 5.41) is 0. The van der Waals surface area contributed by atoms with Crippen LogP contribution >= 0.6 is 0 Å². The second kappa shape index (κ2) is 1.75. The first-order valence-electron chi connectivity index (χ1n) is 3.81. The average molecular weight is 120 g/mol. The number of hydrogen-bond donors (Lipinski definition) is 0. The first-order chi connectivity index (χ1) is 4.36. The summed E-state index contributed by atoms with van der Waals surface area (Å²) in [5.41, 5.74) is 6.55. The molecule has 1 atom stereocenters. The lowest BCUT2D eigenvalue weighted by molar-refractivity contribution is 0.637. The molecule has 0 heterocycles. The van der Waals surface area contributed by atoms with Crippen molar-refractivity contribution in [1.82, 2.24) is 0 Å². The van der Waals surface area contributed by atoms with Gasteiger partial charge in [-0.2, -0.15) is 0 Å². The lowest BCUT2D eigenvalue weighted by atomic mass is 10.0. The Bertz CT molecular complexity index is 192. The highest BCUT2D eigenvalue weighted by atomic mass is 14.3. The summed E-state index contributed by atoms with van der Waals surface area (Å²) in [5.74, 6) is 0.921. The normalized spacial score (nSPS) is 31.9. The molecule has 1 unspecified atom stereocenters. The standard InChI is InChI=1S/C9H12/c1-7-5-8-3-2-4-9(8)6-7/h8H,2-5H2,1H3. The van der Waals surface area contributed by atoms with Crippen LogP contribution in [0.4, 0.5) is 0 Å². The Hall–Kier alpha value is -0.480. The van der Waals surface area contributed by atoms with Crippen LogP contribution in [0.3, 0.4) is 0 Å². The zero-order chi connectivity index (χ0) is 6.27. The Morgan fingerprint density at radius 3 is 3.22 bits per heavy atom. The molecule has 0 aromatic rings. The van der Waals surface area contributed by atoms with Crippen LogP contribution in [-0.4, -0.2) is 0 Å². The summed E-state index contributed by atoms with van der Waals surface area (Å²) in [6.45, 7) is 2.20. The lowest BCUT2D eigenvalue weighted by Gasteiger charge is -2.00. The van der Waals surface area contributed by atoms with Crippen molar-refractivity contribution < 1.29 is 0 Å². The molecule has 0 aliphatic heterocycles. The van der Waals surface area contributed by atoms with Crippen molar-refractivity contribution in [2.75, 3.05) is 0 Å². The average Bonchev–Trinajstić information content (AvgIpc) is 2.22. The molecular formula is C9H12. The molecule has 0 N–H and O–H groups in total. The zero-order valence-electron chi connectivity index (χ0n) is 5.91. The van der Waals surface area contributed by atoms with Crippen molar-refractivity contribution in [3.05, 3.63) is 16.9 Å². The summed E-state index contributed by atoms with van der Waals surface area (Å²) >= 11 is 0. The van der Waals surface area contributed by atoms with E-state index in [2.05, 4.69) is 12.7 Å². The monoisotopic (exact) mass is 120 g/mol. The van der Waals surface area contributed by atoms with Crippen LogP contribution in [0.1, 0.15) is 32.6 Å². The largest absolute Gasteiger partial charge is 0.123 e. The van der Waals surface area contributed by atoms with E-state index in [0.717, 1.165) is 5.92 Å². The van der Waals surface area contributed by atoms with Gasteiger partial charge in [0.2, 0.25) is 0 Å². The van der Waals surface area contributed by atoms with Crippen LogP contribution in [0.15, 0.2) is 16.9 Å². The molecule has 0 aromatic carbocycles. The molecule has 1 fully saturated rings. The van der Waals surface area contributed by atoms with Gasteiger partial charge in [0.05, 0.1) is 0 Å². The molecule has 48 valence electrons. The summed E-state index contributed by atoms with van der Waals surface area (Å²) in [6, 6.07) is 0. The van der Waals surface area contributed by atoms with Crippen LogP contribution in [0.2, 0.25) is 0 Å². The van der Waals surface area contributed by atoms with Crippen molar-refractivity contribution >= 4 is 0 Å². The molecule has 9 heavy (non-hydrogen) atoms. The third kappa shape index (κ3) is 0.746. The lowest BCUT2D eigenvalue weighted by Crippen LogP contribution is -1.89. The van der Waals surface area contributed by atoms with E-state index in [0.29, 0.717) is 0 Å². The summed E-state index contributed by atoms with van der Waals surface area (Å²) in [6.07, 6.45) is 5.50. The summed E-state index contributed by atoms with van der Waals surface area (Å²) in [7, 11) is 0. The first-order valence-corrected chi connectivity index (χ1v) is 3.81. The SMILES string of the molecule is CC1=C=C2CCCC2C1. The van der Waals surface area contributed by atoms with E-state index in [1.807, 2.05) is 0 Å². The predicted octanol–water partition coefficient (Wildman–Crippen LogP) is 2.66. The minimum Gasteiger partial charge on any atom is -0.123 e. The van der Waals surface area contributed by atoms with Gasteiger partial charge in [-0.1, -0.05) is 0 Å². The van der Waals surface area contributed by atoms with Gasteiger partial charge < -0.3 is 0 Å². The Kier molecular flexibility index (Phi) is 1.03. The quantitative estimate of drug-likeness (QED) is 0.431. The number of fused-ring (bicyclic) bond motifs is 1. The van der Waals surface area contributed by atoms with Crippen molar-refractivity contribution in [2.45, 2.75) is 32.6 Å². The predicted molar refractivity (Wildman–Crippen MR) is 38.2 cm³/mol. The Morgan fingerprint density at radius 1 is 1.56 bits per heavy atom. The molecule has 0 bridgehead atoms. The van der Waals surface area contributed by atoms with E-state index in [-0.39, 0.29) is 0 Å². The van der Waals surface area contributed by atoms with Gasteiger partial charge in [-0.05, 0) is 49.7 Å². The highest BCUT2D eigenvalue weighted by Crippen LogP contribution is 2.38. The van der Waals surface area contributed by atoms with Gasteiger partial charge in [0.1, 0.15) is 0 Å². The van der Waals surface area contributed by atoms with Gasteiger partial charge in [0.15, 0.2) is 0 Å². The molecule has 2 aliphatic carbocycles. The summed E-state index contributed by atoms with van der Waals surface area (Å²) < 4.78 is 0. The molecule has 1 saturated carbocycles. The fraction of sp³-hybridized carbons (Fsp3) is 0.667. The van der Waals surface area contributed by atoms with E-state index in [9.17, 15) is 0 Å². The van der Waals surface area contributed by atoms with Crippen molar-refractivity contribution in [1.29, 1.82) is 0 Å².